The fourth-order valence-corrected chi connectivity index (χ4v) is 2.97. The van der Waals surface area contributed by atoms with E-state index in [0.29, 0.717) is 17.3 Å². The van der Waals surface area contributed by atoms with Crippen LogP contribution in [0.5, 0.6) is 0 Å². The van der Waals surface area contributed by atoms with E-state index in [0.717, 1.165) is 28.7 Å². The van der Waals surface area contributed by atoms with Gasteiger partial charge in [-0.15, -0.1) is 10.2 Å². The SMILES string of the molecule is Cc1nn(-c2ccc(Nc3ccc(NC(=O)c4ccc([N+](=O)[O-])o4)cc3)nn2)c(C)c1C. The number of nitro groups is 1. The zero-order valence-corrected chi connectivity index (χ0v) is 17.5. The second kappa shape index (κ2) is 8.30. The van der Waals surface area contributed by atoms with Crippen molar-refractivity contribution in [2.75, 3.05) is 10.6 Å². The van der Waals surface area contributed by atoms with Crippen LogP contribution in [0.4, 0.5) is 23.1 Å². The quantitative estimate of drug-likeness (QED) is 0.342. The Kier molecular flexibility index (Phi) is 5.37. The van der Waals surface area contributed by atoms with Crippen LogP contribution < -0.4 is 10.6 Å². The molecule has 0 aliphatic rings. The van der Waals surface area contributed by atoms with E-state index in [1.165, 1.54) is 6.07 Å². The number of nitrogens with one attached hydrogen (secondary N) is 2. The Labute approximate surface area is 182 Å². The van der Waals surface area contributed by atoms with Gasteiger partial charge in [0, 0.05) is 17.1 Å². The summed E-state index contributed by atoms with van der Waals surface area (Å²) < 4.78 is 6.65. The molecular weight excluding hydrogens is 414 g/mol. The summed E-state index contributed by atoms with van der Waals surface area (Å²) in [5, 5.41) is 29.3. The number of aromatic nitrogens is 4. The van der Waals surface area contributed by atoms with Crippen LogP contribution in [-0.4, -0.2) is 30.8 Å². The molecule has 0 spiro atoms. The summed E-state index contributed by atoms with van der Waals surface area (Å²) in [6.07, 6.45) is 0. The second-order valence-corrected chi connectivity index (χ2v) is 7.04. The van der Waals surface area contributed by atoms with Crippen LogP contribution in [0.15, 0.2) is 52.9 Å². The summed E-state index contributed by atoms with van der Waals surface area (Å²) in [5.41, 5.74) is 4.32. The normalized spacial score (nSPS) is 10.7. The first kappa shape index (κ1) is 20.7. The molecule has 32 heavy (non-hydrogen) atoms. The fraction of sp³-hybridized carbons (Fsp3) is 0.143. The Hall–Kier alpha value is -4.54. The zero-order chi connectivity index (χ0) is 22.8. The topological polar surface area (TPSA) is 141 Å². The largest absolute Gasteiger partial charge is 0.433 e. The average molecular weight is 433 g/mol. The molecule has 0 fully saturated rings. The Morgan fingerprint density at radius 3 is 2.28 bits per heavy atom. The minimum atomic E-state index is -0.703. The molecule has 162 valence electrons. The molecule has 11 nitrogen and oxygen atoms in total. The van der Waals surface area contributed by atoms with E-state index in [9.17, 15) is 14.9 Å². The number of hydrogen-bond donors (Lipinski definition) is 2. The highest BCUT2D eigenvalue weighted by molar-refractivity contribution is 6.02. The average Bonchev–Trinajstić information content (AvgIpc) is 3.38. The molecule has 0 radical (unpaired) electrons. The van der Waals surface area contributed by atoms with Crippen molar-refractivity contribution in [1.82, 2.24) is 20.0 Å². The summed E-state index contributed by atoms with van der Waals surface area (Å²) in [5.74, 6) is -0.0475. The highest BCUT2D eigenvalue weighted by Gasteiger charge is 2.17. The van der Waals surface area contributed by atoms with E-state index in [1.807, 2.05) is 26.8 Å². The van der Waals surface area contributed by atoms with E-state index in [1.54, 1.807) is 35.0 Å². The molecule has 0 aliphatic heterocycles. The van der Waals surface area contributed by atoms with Gasteiger partial charge in [-0.2, -0.15) is 5.10 Å². The Bertz CT molecular complexity index is 1290. The standard InChI is InChI=1S/C21H19N7O4/c1-12-13(2)26-27(14(12)3)19-10-9-18(24-25-19)22-15-4-6-16(7-5-15)23-21(29)17-8-11-20(32-17)28(30)31/h4-11H,1-3H3,(H,22,24)(H,23,29). The molecule has 1 amide bonds. The maximum Gasteiger partial charge on any atom is 0.433 e. The lowest BCUT2D eigenvalue weighted by molar-refractivity contribution is -0.402. The molecule has 1 aromatic carbocycles. The van der Waals surface area contributed by atoms with Crippen LogP contribution >= 0.6 is 0 Å². The number of aryl methyl sites for hydroxylation is 1. The highest BCUT2D eigenvalue weighted by atomic mass is 16.6. The number of furan rings is 1. The van der Waals surface area contributed by atoms with E-state index in [-0.39, 0.29) is 5.76 Å². The minimum Gasteiger partial charge on any atom is -0.395 e. The van der Waals surface area contributed by atoms with Gasteiger partial charge in [0.25, 0.3) is 5.91 Å². The van der Waals surface area contributed by atoms with E-state index in [4.69, 9.17) is 4.42 Å². The number of anilines is 3. The van der Waals surface area contributed by atoms with Crippen molar-refractivity contribution in [1.29, 1.82) is 0 Å². The van der Waals surface area contributed by atoms with Crippen molar-refractivity contribution in [3.63, 3.8) is 0 Å². The molecular formula is C21H19N7O4. The van der Waals surface area contributed by atoms with Crippen molar-refractivity contribution in [3.8, 4) is 5.82 Å². The maximum atomic E-state index is 12.2. The minimum absolute atomic E-state index is 0.146. The first-order valence-electron chi connectivity index (χ1n) is 9.61. The third-order valence-corrected chi connectivity index (χ3v) is 4.93. The van der Waals surface area contributed by atoms with Crippen LogP contribution in [0.2, 0.25) is 0 Å². The van der Waals surface area contributed by atoms with E-state index in [2.05, 4.69) is 25.9 Å². The van der Waals surface area contributed by atoms with Crippen molar-refractivity contribution >= 4 is 29.0 Å². The van der Waals surface area contributed by atoms with Gasteiger partial charge in [-0.1, -0.05) is 0 Å². The van der Waals surface area contributed by atoms with Crippen molar-refractivity contribution in [3.05, 3.63) is 81.4 Å². The van der Waals surface area contributed by atoms with Crippen LogP contribution in [0.25, 0.3) is 5.82 Å². The lowest BCUT2D eigenvalue weighted by atomic mass is 10.2. The fourth-order valence-electron chi connectivity index (χ4n) is 2.97. The Morgan fingerprint density at radius 1 is 1.00 bits per heavy atom. The molecule has 0 bridgehead atoms. The van der Waals surface area contributed by atoms with Gasteiger partial charge in [-0.05, 0) is 68.8 Å². The van der Waals surface area contributed by atoms with E-state index >= 15 is 0 Å². The predicted molar refractivity (Wildman–Crippen MR) is 116 cm³/mol. The number of amides is 1. The molecule has 0 saturated carbocycles. The molecule has 0 saturated heterocycles. The molecule has 4 aromatic rings. The summed E-state index contributed by atoms with van der Waals surface area (Å²) in [7, 11) is 0. The third kappa shape index (κ3) is 4.17. The number of hydrogen-bond acceptors (Lipinski definition) is 8. The number of benzene rings is 1. The summed E-state index contributed by atoms with van der Waals surface area (Å²) in [6, 6.07) is 12.9. The van der Waals surface area contributed by atoms with Gasteiger partial charge in [-0.25, -0.2) is 4.68 Å². The van der Waals surface area contributed by atoms with Crippen molar-refractivity contribution < 1.29 is 14.1 Å². The van der Waals surface area contributed by atoms with Crippen LogP contribution in [-0.2, 0) is 0 Å². The molecule has 4 rings (SSSR count). The van der Waals surface area contributed by atoms with Gasteiger partial charge >= 0.3 is 5.88 Å². The number of carbonyl (C=O) groups is 1. The summed E-state index contributed by atoms with van der Waals surface area (Å²) in [6.45, 7) is 5.95. The third-order valence-electron chi connectivity index (χ3n) is 4.93. The Balaban J connectivity index is 1.40. The molecule has 3 aromatic heterocycles. The summed E-state index contributed by atoms with van der Waals surface area (Å²) in [4.78, 5) is 22.1. The van der Waals surface area contributed by atoms with Gasteiger partial charge in [0.1, 0.15) is 4.92 Å². The smallest absolute Gasteiger partial charge is 0.395 e. The Morgan fingerprint density at radius 2 is 1.72 bits per heavy atom. The molecule has 0 atom stereocenters. The lowest BCUT2D eigenvalue weighted by Gasteiger charge is -2.08. The molecule has 0 aliphatic carbocycles. The van der Waals surface area contributed by atoms with Gasteiger partial charge in [-0.3, -0.25) is 14.9 Å². The number of rotatable bonds is 6. The van der Waals surface area contributed by atoms with Gasteiger partial charge in [0.2, 0.25) is 0 Å². The van der Waals surface area contributed by atoms with Crippen LogP contribution in [0.1, 0.15) is 27.5 Å². The highest BCUT2D eigenvalue weighted by Crippen LogP contribution is 2.21. The van der Waals surface area contributed by atoms with Crippen molar-refractivity contribution in [2.45, 2.75) is 20.8 Å². The first-order chi connectivity index (χ1) is 15.3. The number of carbonyl (C=O) groups excluding carboxylic acids is 1. The summed E-state index contributed by atoms with van der Waals surface area (Å²) >= 11 is 0. The van der Waals surface area contributed by atoms with Gasteiger partial charge in [0.05, 0.1) is 11.8 Å². The molecule has 11 heteroatoms. The van der Waals surface area contributed by atoms with Crippen LogP contribution in [0.3, 0.4) is 0 Å². The number of nitrogens with zero attached hydrogens (tertiary/aromatic N) is 5. The van der Waals surface area contributed by atoms with E-state index < -0.39 is 16.7 Å². The van der Waals surface area contributed by atoms with Gasteiger partial charge < -0.3 is 15.1 Å². The second-order valence-electron chi connectivity index (χ2n) is 7.04. The maximum absolute atomic E-state index is 12.2. The monoisotopic (exact) mass is 433 g/mol. The van der Waals surface area contributed by atoms with Gasteiger partial charge in [0.15, 0.2) is 17.4 Å². The van der Waals surface area contributed by atoms with Crippen LogP contribution in [0, 0.1) is 30.9 Å². The zero-order valence-electron chi connectivity index (χ0n) is 17.5. The van der Waals surface area contributed by atoms with Crippen molar-refractivity contribution in [2.24, 2.45) is 0 Å². The molecule has 3 heterocycles. The predicted octanol–water partition coefficient (Wildman–Crippen LogP) is 4.08. The molecule has 2 N–H and O–H groups in total. The lowest BCUT2D eigenvalue weighted by Crippen LogP contribution is -2.10. The first-order valence-corrected chi connectivity index (χ1v) is 9.61. The molecule has 0 unspecified atom stereocenters.